The second-order valence-corrected chi connectivity index (χ2v) is 12.8. The minimum absolute atomic E-state index is 0.134. The van der Waals surface area contributed by atoms with Crippen LogP contribution >= 0.6 is 22.9 Å². The second kappa shape index (κ2) is 11.5. The van der Waals surface area contributed by atoms with Crippen molar-refractivity contribution in [3.63, 3.8) is 0 Å². The fraction of sp³-hybridized carbons (Fsp3) is 0.286. The standard InChI is InChI=1S/C28H30ClN5O3S2/c1-20-24(29)12-13-25-26(20)31-28(38-25)34-18-16-33(17-19-34)15-14-30-27(35)21-8-10-23(11-9-21)39(36,37)32(2)22-6-4-3-5-7-22/h3-13H,14-19H2,1-2H3,(H,30,35). The Morgan fingerprint density at radius 3 is 2.41 bits per heavy atom. The number of rotatable bonds is 8. The van der Waals surface area contributed by atoms with Crippen LogP contribution < -0.4 is 14.5 Å². The van der Waals surface area contributed by atoms with Gasteiger partial charge in [-0.05, 0) is 61.0 Å². The highest BCUT2D eigenvalue weighted by molar-refractivity contribution is 7.92. The molecule has 8 nitrogen and oxygen atoms in total. The Labute approximate surface area is 237 Å². The normalized spacial score (nSPS) is 14.5. The quantitative estimate of drug-likeness (QED) is 0.325. The van der Waals surface area contributed by atoms with Gasteiger partial charge in [-0.1, -0.05) is 41.1 Å². The Hall–Kier alpha value is -3.18. The first-order valence-electron chi connectivity index (χ1n) is 12.7. The Morgan fingerprint density at radius 2 is 1.72 bits per heavy atom. The Morgan fingerprint density at radius 1 is 1.03 bits per heavy atom. The summed E-state index contributed by atoms with van der Waals surface area (Å²) in [5, 5.41) is 4.70. The van der Waals surface area contributed by atoms with Crippen LogP contribution in [0, 0.1) is 6.92 Å². The SMILES string of the molecule is Cc1c(Cl)ccc2sc(N3CCN(CCNC(=O)c4ccc(S(=O)(=O)N(C)c5ccccc5)cc4)CC3)nc12. The van der Waals surface area contributed by atoms with E-state index in [0.29, 0.717) is 17.8 Å². The van der Waals surface area contributed by atoms with E-state index < -0.39 is 10.0 Å². The van der Waals surface area contributed by atoms with Gasteiger partial charge in [-0.15, -0.1) is 0 Å². The molecule has 0 radical (unpaired) electrons. The lowest BCUT2D eigenvalue weighted by Gasteiger charge is -2.34. The third-order valence-corrected chi connectivity index (χ3v) is 10.3. The number of halogens is 1. The number of carbonyl (C=O) groups excluding carboxylic acids is 1. The van der Waals surface area contributed by atoms with Crippen molar-refractivity contribution in [2.45, 2.75) is 11.8 Å². The smallest absolute Gasteiger partial charge is 0.264 e. The van der Waals surface area contributed by atoms with Crippen molar-refractivity contribution in [3.05, 3.63) is 82.9 Å². The average molecular weight is 584 g/mol. The predicted molar refractivity (Wildman–Crippen MR) is 159 cm³/mol. The number of nitrogens with zero attached hydrogens (tertiary/aromatic N) is 4. The number of amides is 1. The molecule has 5 rings (SSSR count). The van der Waals surface area contributed by atoms with Crippen LogP contribution in [0.3, 0.4) is 0 Å². The number of sulfonamides is 1. The minimum Gasteiger partial charge on any atom is -0.351 e. The van der Waals surface area contributed by atoms with Gasteiger partial charge in [0.05, 0.1) is 20.8 Å². The van der Waals surface area contributed by atoms with Gasteiger partial charge in [0.1, 0.15) is 0 Å². The molecular weight excluding hydrogens is 554 g/mol. The molecule has 1 N–H and O–H groups in total. The van der Waals surface area contributed by atoms with E-state index in [0.717, 1.165) is 58.7 Å². The fourth-order valence-corrected chi connectivity index (χ4v) is 6.95. The van der Waals surface area contributed by atoms with Gasteiger partial charge in [-0.2, -0.15) is 0 Å². The van der Waals surface area contributed by atoms with E-state index in [9.17, 15) is 13.2 Å². The first kappa shape index (κ1) is 27.4. The highest BCUT2D eigenvalue weighted by Gasteiger charge is 2.22. The molecule has 0 atom stereocenters. The maximum atomic E-state index is 13.0. The van der Waals surface area contributed by atoms with E-state index in [-0.39, 0.29) is 10.8 Å². The van der Waals surface area contributed by atoms with Gasteiger partial charge in [0.15, 0.2) is 5.13 Å². The lowest BCUT2D eigenvalue weighted by molar-refractivity contribution is 0.0947. The maximum absolute atomic E-state index is 13.0. The Bertz CT molecular complexity index is 1570. The number of hydrogen-bond acceptors (Lipinski definition) is 7. The number of fused-ring (bicyclic) bond motifs is 1. The number of thiazole rings is 1. The molecule has 0 spiro atoms. The van der Waals surface area contributed by atoms with Crippen molar-refractivity contribution in [3.8, 4) is 0 Å². The molecule has 2 heterocycles. The molecule has 0 saturated carbocycles. The molecule has 11 heteroatoms. The number of nitrogens with one attached hydrogen (secondary N) is 1. The zero-order chi connectivity index (χ0) is 27.6. The number of anilines is 2. The summed E-state index contributed by atoms with van der Waals surface area (Å²) in [7, 11) is -2.21. The van der Waals surface area contributed by atoms with Crippen molar-refractivity contribution in [1.29, 1.82) is 0 Å². The number of piperazine rings is 1. The molecule has 1 amide bonds. The monoisotopic (exact) mass is 583 g/mol. The summed E-state index contributed by atoms with van der Waals surface area (Å²) in [5.41, 5.74) is 2.98. The predicted octanol–water partition coefficient (Wildman–Crippen LogP) is 4.64. The van der Waals surface area contributed by atoms with Gasteiger partial charge >= 0.3 is 0 Å². The lowest BCUT2D eigenvalue weighted by atomic mass is 10.2. The number of benzene rings is 3. The third kappa shape index (κ3) is 5.89. The summed E-state index contributed by atoms with van der Waals surface area (Å²) in [6, 6.07) is 18.9. The van der Waals surface area contributed by atoms with Crippen molar-refractivity contribution in [2.24, 2.45) is 0 Å². The van der Waals surface area contributed by atoms with Crippen LogP contribution in [0.25, 0.3) is 10.2 Å². The van der Waals surface area contributed by atoms with Crippen LogP contribution in [-0.2, 0) is 10.0 Å². The first-order chi connectivity index (χ1) is 18.7. The van der Waals surface area contributed by atoms with Gasteiger partial charge < -0.3 is 10.2 Å². The van der Waals surface area contributed by atoms with Crippen molar-refractivity contribution < 1.29 is 13.2 Å². The molecule has 1 aromatic heterocycles. The number of hydrogen-bond donors (Lipinski definition) is 1. The molecule has 4 aromatic rings. The van der Waals surface area contributed by atoms with Gasteiger partial charge in [0.2, 0.25) is 0 Å². The highest BCUT2D eigenvalue weighted by atomic mass is 35.5. The average Bonchev–Trinajstić information content (AvgIpc) is 3.41. The maximum Gasteiger partial charge on any atom is 0.264 e. The zero-order valence-electron chi connectivity index (χ0n) is 21.8. The van der Waals surface area contributed by atoms with E-state index in [1.807, 2.05) is 25.1 Å². The molecule has 1 saturated heterocycles. The molecule has 204 valence electrons. The third-order valence-electron chi connectivity index (χ3n) is 6.99. The van der Waals surface area contributed by atoms with Gasteiger partial charge in [-0.25, -0.2) is 13.4 Å². The number of aryl methyl sites for hydroxylation is 1. The molecule has 3 aromatic carbocycles. The number of para-hydroxylation sites is 1. The topological polar surface area (TPSA) is 85.8 Å². The van der Waals surface area contributed by atoms with Crippen LogP contribution in [-0.4, -0.2) is 70.5 Å². The van der Waals surface area contributed by atoms with Crippen molar-refractivity contribution >= 4 is 59.9 Å². The summed E-state index contributed by atoms with van der Waals surface area (Å²) in [4.78, 5) is 22.3. The van der Waals surface area contributed by atoms with E-state index in [4.69, 9.17) is 16.6 Å². The van der Waals surface area contributed by atoms with Crippen LogP contribution in [0.15, 0.2) is 71.6 Å². The molecule has 39 heavy (non-hydrogen) atoms. The van der Waals surface area contributed by atoms with Crippen LogP contribution in [0.2, 0.25) is 5.02 Å². The molecular formula is C28H30ClN5O3S2. The Balaban J connectivity index is 1.10. The van der Waals surface area contributed by atoms with E-state index in [1.165, 1.54) is 23.5 Å². The summed E-state index contributed by atoms with van der Waals surface area (Å²) >= 11 is 7.95. The summed E-state index contributed by atoms with van der Waals surface area (Å²) in [6.07, 6.45) is 0. The van der Waals surface area contributed by atoms with Crippen molar-refractivity contribution in [2.75, 3.05) is 55.5 Å². The van der Waals surface area contributed by atoms with E-state index in [2.05, 4.69) is 15.1 Å². The van der Waals surface area contributed by atoms with Crippen LogP contribution in [0.4, 0.5) is 10.8 Å². The van der Waals surface area contributed by atoms with Crippen LogP contribution in [0.5, 0.6) is 0 Å². The fourth-order valence-electron chi connectivity index (χ4n) is 4.53. The number of carbonyl (C=O) groups is 1. The second-order valence-electron chi connectivity index (χ2n) is 9.43. The van der Waals surface area contributed by atoms with Gasteiger partial charge in [0, 0.05) is 56.9 Å². The summed E-state index contributed by atoms with van der Waals surface area (Å²) in [6.45, 7) is 6.75. The zero-order valence-corrected chi connectivity index (χ0v) is 24.2. The molecule has 0 bridgehead atoms. The Kier molecular flexibility index (Phi) is 8.08. The molecule has 1 aliphatic rings. The van der Waals surface area contributed by atoms with Gasteiger partial charge in [0.25, 0.3) is 15.9 Å². The first-order valence-corrected chi connectivity index (χ1v) is 15.3. The molecule has 0 aliphatic carbocycles. The number of aromatic nitrogens is 1. The largest absolute Gasteiger partial charge is 0.351 e. The highest BCUT2D eigenvalue weighted by Crippen LogP contribution is 2.33. The summed E-state index contributed by atoms with van der Waals surface area (Å²) in [5.74, 6) is -0.225. The lowest BCUT2D eigenvalue weighted by Crippen LogP contribution is -2.48. The van der Waals surface area contributed by atoms with Crippen molar-refractivity contribution in [1.82, 2.24) is 15.2 Å². The molecule has 0 unspecified atom stereocenters. The van der Waals surface area contributed by atoms with E-state index in [1.54, 1.807) is 47.7 Å². The summed E-state index contributed by atoms with van der Waals surface area (Å²) < 4.78 is 28.3. The molecule has 1 aliphatic heterocycles. The molecule has 1 fully saturated rings. The van der Waals surface area contributed by atoms with Gasteiger partial charge in [-0.3, -0.25) is 14.0 Å². The minimum atomic E-state index is -3.72. The van der Waals surface area contributed by atoms with Crippen LogP contribution in [0.1, 0.15) is 15.9 Å². The van der Waals surface area contributed by atoms with E-state index >= 15 is 0 Å².